The molecule has 0 saturated carbocycles. The van der Waals surface area contributed by atoms with Gasteiger partial charge in [0.25, 0.3) is 0 Å². The van der Waals surface area contributed by atoms with Gasteiger partial charge in [0.2, 0.25) is 11.4 Å². The standard InChI is InChI=1S/C58H96N2.2C3H8O.Pd/c1-7-13-19-24-28-32-37-49-43-50(38-33-29-25-20-14-8-2)46-53(45-49)57-55(41-18-12-6)56(42-36-23-17-11-5)58(60(57)59)54-47-51(39-34-30-26-21-15-9-3)44-52(48-54)40-35-31-27-22-16-10-4;2*1-2-3-4;/h43-48H,7-42H2,1-6H3;2*4H,2-3H2,1H3;. The smallest absolute Gasteiger partial charge is 0.211 e. The van der Waals surface area contributed by atoms with Gasteiger partial charge >= 0.3 is 0 Å². The number of aryl methyl sites for hydroxylation is 4. The molecule has 2 N–H and O–H groups in total. The van der Waals surface area contributed by atoms with E-state index in [9.17, 15) is 5.53 Å². The van der Waals surface area contributed by atoms with E-state index < -0.39 is 0 Å². The minimum absolute atomic E-state index is 0. The number of nitrogens with zero attached hydrogens (tertiary/aromatic N) is 2. The van der Waals surface area contributed by atoms with Gasteiger partial charge in [-0.3, -0.25) is 0 Å². The molecule has 0 saturated heterocycles. The van der Waals surface area contributed by atoms with Crippen molar-refractivity contribution in [2.75, 3.05) is 13.2 Å². The maximum Gasteiger partial charge on any atom is 0.211 e. The van der Waals surface area contributed by atoms with Crippen molar-refractivity contribution in [2.24, 2.45) is 0 Å². The van der Waals surface area contributed by atoms with Gasteiger partial charge < -0.3 is 15.7 Å². The molecule has 4 nitrogen and oxygen atoms in total. The van der Waals surface area contributed by atoms with E-state index in [1.807, 2.05) is 13.8 Å². The Labute approximate surface area is 443 Å². The van der Waals surface area contributed by atoms with E-state index in [-0.39, 0.29) is 20.4 Å². The second-order valence-electron chi connectivity index (χ2n) is 20.5. The first-order valence-corrected chi connectivity index (χ1v) is 29.8. The van der Waals surface area contributed by atoms with Gasteiger partial charge in [-0.2, -0.15) is 0 Å². The zero-order valence-corrected chi connectivity index (χ0v) is 48.4. The van der Waals surface area contributed by atoms with Crippen LogP contribution in [0.15, 0.2) is 47.5 Å². The van der Waals surface area contributed by atoms with Crippen LogP contribution in [0.1, 0.15) is 307 Å². The van der Waals surface area contributed by atoms with Gasteiger partial charge in [0, 0.05) is 55.9 Å². The van der Waals surface area contributed by atoms with Crippen molar-refractivity contribution >= 4 is 11.4 Å². The van der Waals surface area contributed by atoms with Crippen LogP contribution in [0.4, 0.5) is 0 Å². The molecule has 400 valence electrons. The normalized spacial score (nSPS) is 12.3. The Morgan fingerprint density at radius 2 is 0.522 bits per heavy atom. The summed E-state index contributed by atoms with van der Waals surface area (Å²) in [5.74, 6) is 0. The Hall–Kier alpha value is -1.90. The van der Waals surface area contributed by atoms with Crippen molar-refractivity contribution in [3.05, 3.63) is 86.5 Å². The molecule has 69 heavy (non-hydrogen) atoms. The Bertz CT molecular complexity index is 1520. The maximum atomic E-state index is 12.9. The number of hydrogen-bond acceptors (Lipinski definition) is 2. The molecule has 0 radical (unpaired) electrons. The van der Waals surface area contributed by atoms with Crippen molar-refractivity contribution in [2.45, 2.75) is 299 Å². The van der Waals surface area contributed by atoms with Crippen LogP contribution in [-0.4, -0.2) is 28.1 Å². The van der Waals surface area contributed by atoms with Crippen molar-refractivity contribution < 1.29 is 35.3 Å². The van der Waals surface area contributed by atoms with Gasteiger partial charge in [-0.05, 0) is 136 Å². The molecule has 0 spiro atoms. The van der Waals surface area contributed by atoms with Gasteiger partial charge in [0.15, 0.2) is 0 Å². The predicted molar refractivity (Wildman–Crippen MR) is 302 cm³/mol. The largest absolute Gasteiger partial charge is 0.493 e. The summed E-state index contributed by atoms with van der Waals surface area (Å²) < 4.78 is 1.72. The Balaban J connectivity index is 0.00000475. The molecule has 0 bridgehead atoms. The Morgan fingerprint density at radius 3 is 0.783 bits per heavy atom. The van der Waals surface area contributed by atoms with E-state index in [0.29, 0.717) is 13.2 Å². The van der Waals surface area contributed by atoms with Gasteiger partial charge in [-0.1, -0.05) is 222 Å². The summed E-state index contributed by atoms with van der Waals surface area (Å²) in [5.41, 5.74) is 26.3. The summed E-state index contributed by atoms with van der Waals surface area (Å²) in [4.78, 5) is 0. The van der Waals surface area contributed by atoms with Crippen LogP contribution in [0.5, 0.6) is 0 Å². The molecule has 0 fully saturated rings. The summed E-state index contributed by atoms with van der Waals surface area (Å²) in [6.45, 7) is 18.4. The summed E-state index contributed by atoms with van der Waals surface area (Å²) in [6, 6.07) is 15.0. The zero-order valence-electron chi connectivity index (χ0n) is 46.9. The number of unbranched alkanes of at least 4 members (excludes halogenated alkanes) is 24. The number of rotatable bonds is 40. The SMILES string of the molecule is CCCCCCCCc1cc(CCCCCCCC)cc(C2=C(CCCC)C(CCCCCC)=C(c3cc(CCCCCCCC)cc(CCCCCCCC)c3)[N+]2=[N-])c1.CCCO.CCCO.[Pd]. The minimum Gasteiger partial charge on any atom is -0.493 e. The second kappa shape index (κ2) is 47.1. The summed E-state index contributed by atoms with van der Waals surface area (Å²) in [5, 5.41) is 15.8. The summed E-state index contributed by atoms with van der Waals surface area (Å²) in [6.07, 6.45) is 47.5. The third kappa shape index (κ3) is 30.7. The third-order valence-corrected chi connectivity index (χ3v) is 13.8. The topological polar surface area (TPSA) is 65.8 Å². The summed E-state index contributed by atoms with van der Waals surface area (Å²) >= 11 is 0. The molecule has 1 aliphatic heterocycles. The molecule has 0 atom stereocenters. The number of hydrogen-bond donors (Lipinski definition) is 2. The molecule has 0 unspecified atom stereocenters. The van der Waals surface area contributed by atoms with E-state index in [4.69, 9.17) is 10.2 Å². The molecule has 2 aromatic carbocycles. The first kappa shape index (κ1) is 67.1. The number of aliphatic hydroxyl groups excluding tert-OH is 2. The Kier molecular flexibility index (Phi) is 45.8. The van der Waals surface area contributed by atoms with Crippen LogP contribution in [0.25, 0.3) is 16.9 Å². The van der Waals surface area contributed by atoms with Crippen molar-refractivity contribution in [1.82, 2.24) is 0 Å². The number of allylic oxidation sites excluding steroid dienone is 2. The fraction of sp³-hybridized carbons (Fsp3) is 0.750. The van der Waals surface area contributed by atoms with Crippen molar-refractivity contribution in [3.8, 4) is 0 Å². The first-order valence-electron chi connectivity index (χ1n) is 29.8. The fourth-order valence-electron chi connectivity index (χ4n) is 9.68. The predicted octanol–water partition coefficient (Wildman–Crippen LogP) is 20.4. The van der Waals surface area contributed by atoms with Crippen LogP contribution in [0.2, 0.25) is 0 Å². The molecular formula is C64H112N2O2Pd. The number of benzene rings is 2. The number of aliphatic hydroxyl groups is 2. The second-order valence-corrected chi connectivity index (χ2v) is 20.5. The first-order chi connectivity index (χ1) is 33.3. The molecule has 2 aromatic rings. The molecule has 0 aliphatic carbocycles. The quantitative estimate of drug-likeness (QED) is 0.0397. The average Bonchev–Trinajstić information content (AvgIpc) is 3.63. The summed E-state index contributed by atoms with van der Waals surface area (Å²) in [7, 11) is 0. The van der Waals surface area contributed by atoms with Gasteiger partial charge in [-0.25, -0.2) is 4.70 Å². The molecule has 3 rings (SSSR count). The molecule has 0 aromatic heterocycles. The van der Waals surface area contributed by atoms with Crippen LogP contribution in [0.3, 0.4) is 0 Å². The van der Waals surface area contributed by atoms with E-state index in [2.05, 4.69) is 77.9 Å². The van der Waals surface area contributed by atoms with E-state index in [1.54, 1.807) is 4.70 Å². The average molecular weight is 1050 g/mol. The van der Waals surface area contributed by atoms with Gasteiger partial charge in [0.05, 0.1) is 0 Å². The van der Waals surface area contributed by atoms with Crippen LogP contribution < -0.4 is 0 Å². The third-order valence-electron chi connectivity index (χ3n) is 13.8. The van der Waals surface area contributed by atoms with E-state index in [1.165, 1.54) is 224 Å². The zero-order chi connectivity index (χ0) is 49.9. The van der Waals surface area contributed by atoms with Crippen molar-refractivity contribution in [3.63, 3.8) is 0 Å². The van der Waals surface area contributed by atoms with E-state index in [0.717, 1.165) is 75.6 Å². The molecule has 1 aliphatic rings. The minimum atomic E-state index is 0. The monoisotopic (exact) mass is 1050 g/mol. The molecule has 5 heteroatoms. The van der Waals surface area contributed by atoms with Gasteiger partial charge in [-0.15, -0.1) is 0 Å². The molecule has 0 amide bonds. The molecule has 1 heterocycles. The van der Waals surface area contributed by atoms with Crippen molar-refractivity contribution in [1.29, 1.82) is 0 Å². The van der Waals surface area contributed by atoms with Crippen LogP contribution >= 0.6 is 0 Å². The van der Waals surface area contributed by atoms with E-state index >= 15 is 0 Å². The van der Waals surface area contributed by atoms with Crippen LogP contribution in [0, 0.1) is 0 Å². The molecular weight excluding hydrogens is 935 g/mol. The van der Waals surface area contributed by atoms with Gasteiger partial charge in [0.1, 0.15) is 0 Å². The fourth-order valence-corrected chi connectivity index (χ4v) is 9.68. The Morgan fingerprint density at radius 1 is 0.304 bits per heavy atom. The maximum absolute atomic E-state index is 12.9. The van der Waals surface area contributed by atoms with Crippen LogP contribution in [-0.2, 0) is 46.1 Å².